The lowest BCUT2D eigenvalue weighted by atomic mass is 9.90. The first-order valence-electron chi connectivity index (χ1n) is 10.3. The maximum Gasteiger partial charge on any atom is 0.306 e. The molecule has 4 atom stereocenters. The second kappa shape index (κ2) is 12.8. The van der Waals surface area contributed by atoms with Gasteiger partial charge in [-0.15, -0.1) is 5.73 Å². The summed E-state index contributed by atoms with van der Waals surface area (Å²) in [4.78, 5) is 23.5. The second-order valence-corrected chi connectivity index (χ2v) is 7.15. The third-order valence-electron chi connectivity index (χ3n) is 4.86. The molecule has 6 nitrogen and oxygen atoms in total. The summed E-state index contributed by atoms with van der Waals surface area (Å²) in [5.74, 6) is -0.300. The van der Waals surface area contributed by atoms with E-state index in [1.165, 1.54) is 0 Å². The molecule has 30 heavy (non-hydrogen) atoms. The van der Waals surface area contributed by atoms with Crippen LogP contribution in [0.15, 0.2) is 60.4 Å². The summed E-state index contributed by atoms with van der Waals surface area (Å²) < 4.78 is 10.4. The van der Waals surface area contributed by atoms with Crippen molar-refractivity contribution >= 4 is 11.8 Å². The number of carbonyl (C=O) groups excluding carboxylic acids is 2. The van der Waals surface area contributed by atoms with Gasteiger partial charge in [-0.1, -0.05) is 30.4 Å². The van der Waals surface area contributed by atoms with Crippen LogP contribution in [0.2, 0.25) is 0 Å². The van der Waals surface area contributed by atoms with Crippen molar-refractivity contribution in [1.82, 2.24) is 0 Å². The van der Waals surface area contributed by atoms with E-state index in [-0.39, 0.29) is 36.6 Å². The number of hydrogen-bond acceptors (Lipinski definition) is 6. The molecule has 0 heterocycles. The van der Waals surface area contributed by atoms with E-state index in [9.17, 15) is 19.8 Å². The summed E-state index contributed by atoms with van der Waals surface area (Å²) in [5.41, 5.74) is 2.98. The molecular weight excluding hydrogens is 384 g/mol. The monoisotopic (exact) mass is 414 g/mol. The number of aliphatic hydroxyl groups is 2. The fourth-order valence-electron chi connectivity index (χ4n) is 3.32. The Hall–Kier alpha value is -2.66. The molecule has 0 unspecified atom stereocenters. The predicted octanol–water partition coefficient (Wildman–Crippen LogP) is 2.99. The topological polar surface area (TPSA) is 93.1 Å². The third kappa shape index (κ3) is 7.99. The molecule has 0 radical (unpaired) electrons. The quantitative estimate of drug-likeness (QED) is 0.329. The maximum absolute atomic E-state index is 12.2. The van der Waals surface area contributed by atoms with Crippen LogP contribution in [-0.2, 0) is 14.3 Å². The van der Waals surface area contributed by atoms with Crippen LogP contribution in [-0.4, -0.2) is 47.4 Å². The molecule has 1 aliphatic rings. The summed E-state index contributed by atoms with van der Waals surface area (Å²) in [6.45, 7) is 2.22. The number of esters is 1. The van der Waals surface area contributed by atoms with Crippen molar-refractivity contribution < 1.29 is 29.3 Å². The van der Waals surface area contributed by atoms with Crippen molar-refractivity contribution in [3.05, 3.63) is 60.4 Å². The lowest BCUT2D eigenvalue weighted by molar-refractivity contribution is -0.143. The van der Waals surface area contributed by atoms with Crippen molar-refractivity contribution in [2.45, 2.75) is 44.8 Å². The van der Waals surface area contributed by atoms with Crippen LogP contribution < -0.4 is 4.74 Å². The molecule has 0 aliphatic heterocycles. The molecule has 0 bridgehead atoms. The van der Waals surface area contributed by atoms with Crippen LogP contribution in [0.3, 0.4) is 0 Å². The number of benzene rings is 1. The number of ether oxygens (including phenoxy) is 2. The first-order valence-corrected chi connectivity index (χ1v) is 10.3. The van der Waals surface area contributed by atoms with Gasteiger partial charge in [0, 0.05) is 24.7 Å². The fraction of sp³-hybridized carbons (Fsp3) is 0.458. The number of hydrogen-bond donors (Lipinski definition) is 2. The zero-order valence-electron chi connectivity index (χ0n) is 17.3. The molecule has 0 aromatic heterocycles. The normalized spacial score (nSPS) is 21.8. The first-order chi connectivity index (χ1) is 14.5. The Kier molecular flexibility index (Phi) is 10.1. The molecule has 2 rings (SSSR count). The summed E-state index contributed by atoms with van der Waals surface area (Å²) in [5, 5.41) is 20.3. The Labute approximate surface area is 177 Å². The lowest BCUT2D eigenvalue weighted by Gasteiger charge is -2.16. The minimum atomic E-state index is -0.841. The zero-order valence-corrected chi connectivity index (χ0v) is 17.3. The van der Waals surface area contributed by atoms with Gasteiger partial charge in [0.2, 0.25) is 0 Å². The molecule has 2 N–H and O–H groups in total. The molecule has 0 saturated heterocycles. The van der Waals surface area contributed by atoms with Gasteiger partial charge in [-0.05, 0) is 44.1 Å². The van der Waals surface area contributed by atoms with E-state index < -0.39 is 12.2 Å². The molecule has 162 valence electrons. The molecule has 1 aliphatic carbocycles. The highest BCUT2D eigenvalue weighted by atomic mass is 16.5. The molecule has 6 heteroatoms. The first kappa shape index (κ1) is 23.6. The van der Waals surface area contributed by atoms with Crippen LogP contribution >= 0.6 is 0 Å². The summed E-state index contributed by atoms with van der Waals surface area (Å²) >= 11 is 0. The number of aliphatic hydroxyl groups excluding tert-OH is 2. The molecule has 1 fully saturated rings. The Bertz CT molecular complexity index is 763. The van der Waals surface area contributed by atoms with Crippen LogP contribution in [0.4, 0.5) is 0 Å². The van der Waals surface area contributed by atoms with Gasteiger partial charge >= 0.3 is 5.97 Å². The Morgan fingerprint density at radius 3 is 2.80 bits per heavy atom. The molecule has 0 amide bonds. The molecule has 0 spiro atoms. The third-order valence-corrected chi connectivity index (χ3v) is 4.86. The van der Waals surface area contributed by atoms with E-state index in [1.54, 1.807) is 43.4 Å². The van der Waals surface area contributed by atoms with Gasteiger partial charge in [0.25, 0.3) is 0 Å². The molecular formula is C24H30O6. The highest BCUT2D eigenvalue weighted by molar-refractivity contribution is 5.84. The van der Waals surface area contributed by atoms with Gasteiger partial charge < -0.3 is 19.7 Å². The number of Topliss-reactive ketones (excluding diaryl/α,β-unsaturated/α-hetero) is 1. The second-order valence-electron chi connectivity index (χ2n) is 7.15. The van der Waals surface area contributed by atoms with Crippen molar-refractivity contribution in [1.29, 1.82) is 0 Å². The van der Waals surface area contributed by atoms with Crippen molar-refractivity contribution in [2.24, 2.45) is 11.8 Å². The number of rotatable bonds is 11. The highest BCUT2D eigenvalue weighted by Gasteiger charge is 2.39. The minimum absolute atomic E-state index is 0.00301. The summed E-state index contributed by atoms with van der Waals surface area (Å²) in [6.07, 6.45) is 6.53. The van der Waals surface area contributed by atoms with E-state index in [4.69, 9.17) is 9.47 Å². The largest absolute Gasteiger partial charge is 0.491 e. The van der Waals surface area contributed by atoms with E-state index in [1.807, 2.05) is 18.2 Å². The van der Waals surface area contributed by atoms with Gasteiger partial charge in [0.05, 0.1) is 12.7 Å². The van der Waals surface area contributed by atoms with E-state index in [0.29, 0.717) is 31.6 Å². The number of carbonyl (C=O) groups is 2. The standard InChI is InChI=1S/C24H30O6/c1-2-29-24(28)13-9-4-3-8-12-20-21(23(27)16-22(20)26)15-14-18(25)17-30-19-10-6-5-7-11-19/h4-8,10-11,14-15,18,20-21,23,25,27H,2,9,12-13,16-17H2,1H3/b15-14+/t3?,18-,20-,21-,23-/m0/s1. The van der Waals surface area contributed by atoms with Crippen molar-refractivity contribution in [2.75, 3.05) is 13.2 Å². The van der Waals surface area contributed by atoms with Gasteiger partial charge in [0.1, 0.15) is 24.2 Å². The smallest absolute Gasteiger partial charge is 0.306 e. The molecule has 1 saturated carbocycles. The SMILES string of the molecule is CCOC(=O)CCC=C=CC[C@@H]1C(=O)C[C@H](O)[C@H]1/C=C/[C@H](O)COc1ccccc1. The fourth-order valence-corrected chi connectivity index (χ4v) is 3.32. The van der Waals surface area contributed by atoms with Gasteiger partial charge in [-0.25, -0.2) is 0 Å². The van der Waals surface area contributed by atoms with Crippen LogP contribution in [0.1, 0.15) is 32.6 Å². The van der Waals surface area contributed by atoms with Gasteiger partial charge in [-0.3, -0.25) is 9.59 Å². The minimum Gasteiger partial charge on any atom is -0.491 e. The van der Waals surface area contributed by atoms with Gasteiger partial charge in [-0.2, -0.15) is 0 Å². The Morgan fingerprint density at radius 1 is 1.30 bits per heavy atom. The molecule has 1 aromatic rings. The number of para-hydroxylation sites is 1. The average molecular weight is 414 g/mol. The lowest BCUT2D eigenvalue weighted by Crippen LogP contribution is -2.20. The predicted molar refractivity (Wildman–Crippen MR) is 113 cm³/mol. The maximum atomic E-state index is 12.2. The van der Waals surface area contributed by atoms with Gasteiger partial charge in [0.15, 0.2) is 0 Å². The van der Waals surface area contributed by atoms with Crippen molar-refractivity contribution in [3.8, 4) is 5.75 Å². The summed E-state index contributed by atoms with van der Waals surface area (Å²) in [6, 6.07) is 9.19. The van der Waals surface area contributed by atoms with Crippen LogP contribution in [0.5, 0.6) is 5.75 Å². The number of ketones is 1. The highest BCUT2D eigenvalue weighted by Crippen LogP contribution is 2.33. The average Bonchev–Trinajstić information content (AvgIpc) is 3.00. The summed E-state index contributed by atoms with van der Waals surface area (Å²) in [7, 11) is 0. The van der Waals surface area contributed by atoms with Crippen LogP contribution in [0.25, 0.3) is 0 Å². The Morgan fingerprint density at radius 2 is 2.07 bits per heavy atom. The van der Waals surface area contributed by atoms with E-state index >= 15 is 0 Å². The molecule has 1 aromatic carbocycles. The zero-order chi connectivity index (χ0) is 21.8. The van der Waals surface area contributed by atoms with Crippen molar-refractivity contribution in [3.63, 3.8) is 0 Å². The van der Waals surface area contributed by atoms with E-state index in [0.717, 1.165) is 0 Å². The van der Waals surface area contributed by atoms with Crippen LogP contribution in [0, 0.1) is 11.8 Å². The number of allylic oxidation sites excluding steroid dienone is 1. The Balaban J connectivity index is 1.84. The van der Waals surface area contributed by atoms with E-state index in [2.05, 4.69) is 5.73 Å².